The number of fused-ring (bicyclic) bond motifs is 1. The molecule has 3 rings (SSSR count). The average molecular weight is 328 g/mol. The molecule has 0 bridgehead atoms. The number of benzene rings is 1. The molecule has 1 saturated heterocycles. The minimum atomic E-state index is -0.0603. The zero-order chi connectivity index (χ0) is 17.1. The number of para-hydroxylation sites is 1. The molecular formula is C19H28N4O. The maximum Gasteiger partial charge on any atom is 0.314 e. The van der Waals surface area contributed by atoms with Crippen LogP contribution in [-0.2, 0) is 6.54 Å². The van der Waals surface area contributed by atoms with E-state index in [-0.39, 0.29) is 12.1 Å². The minimum absolute atomic E-state index is 0.0603. The molecule has 0 saturated carbocycles. The van der Waals surface area contributed by atoms with Gasteiger partial charge in [-0.1, -0.05) is 18.2 Å². The molecule has 1 fully saturated rings. The lowest BCUT2D eigenvalue weighted by Gasteiger charge is -2.17. The third-order valence-electron chi connectivity index (χ3n) is 4.79. The molecule has 0 spiro atoms. The van der Waals surface area contributed by atoms with Crippen molar-refractivity contribution in [2.45, 2.75) is 39.8 Å². The molecule has 1 aromatic carbocycles. The van der Waals surface area contributed by atoms with Crippen LogP contribution in [0.1, 0.15) is 31.5 Å². The van der Waals surface area contributed by atoms with Gasteiger partial charge in [-0.3, -0.25) is 4.90 Å². The third kappa shape index (κ3) is 3.90. The van der Waals surface area contributed by atoms with Crippen LogP contribution in [0.3, 0.4) is 0 Å². The highest BCUT2D eigenvalue weighted by atomic mass is 16.2. The Bertz CT molecular complexity index is 706. The number of hydrogen-bond acceptors (Lipinski definition) is 2. The summed E-state index contributed by atoms with van der Waals surface area (Å²) in [5, 5.41) is 7.18. The van der Waals surface area contributed by atoms with E-state index in [9.17, 15) is 4.79 Å². The Kier molecular flexibility index (Phi) is 5.09. The van der Waals surface area contributed by atoms with Crippen LogP contribution in [0.2, 0.25) is 0 Å². The third-order valence-corrected chi connectivity index (χ3v) is 4.79. The first kappa shape index (κ1) is 16.8. The van der Waals surface area contributed by atoms with Crippen molar-refractivity contribution < 1.29 is 4.79 Å². The van der Waals surface area contributed by atoms with Crippen molar-refractivity contribution in [3.8, 4) is 0 Å². The zero-order valence-electron chi connectivity index (χ0n) is 14.9. The monoisotopic (exact) mass is 328 g/mol. The number of carbonyl (C=O) groups is 1. The predicted molar refractivity (Wildman–Crippen MR) is 98.1 cm³/mol. The second-order valence-corrected chi connectivity index (χ2v) is 7.17. The van der Waals surface area contributed by atoms with Gasteiger partial charge in [0.15, 0.2) is 0 Å². The number of carbonyl (C=O) groups excluding carboxylic acids is 1. The van der Waals surface area contributed by atoms with Crippen LogP contribution in [0.25, 0.3) is 10.9 Å². The fraction of sp³-hybridized carbons (Fsp3) is 0.526. The van der Waals surface area contributed by atoms with Gasteiger partial charge in [0.05, 0.1) is 0 Å². The summed E-state index contributed by atoms with van der Waals surface area (Å²) < 4.78 is 0. The molecule has 130 valence electrons. The Labute approximate surface area is 143 Å². The van der Waals surface area contributed by atoms with Crippen LogP contribution in [-0.4, -0.2) is 41.6 Å². The quantitative estimate of drug-likeness (QED) is 0.790. The number of likely N-dealkylation sites (tertiary alicyclic amines) is 1. The second-order valence-electron chi connectivity index (χ2n) is 7.17. The number of nitrogens with zero attached hydrogens (tertiary/aromatic N) is 1. The van der Waals surface area contributed by atoms with Crippen molar-refractivity contribution in [3.05, 3.63) is 35.5 Å². The summed E-state index contributed by atoms with van der Waals surface area (Å²) in [6.07, 6.45) is 1.14. The van der Waals surface area contributed by atoms with E-state index in [4.69, 9.17) is 0 Å². The van der Waals surface area contributed by atoms with Gasteiger partial charge in [-0.15, -0.1) is 0 Å². The number of rotatable bonds is 5. The highest BCUT2D eigenvalue weighted by molar-refractivity contribution is 5.84. The smallest absolute Gasteiger partial charge is 0.314 e. The van der Waals surface area contributed by atoms with E-state index in [1.807, 2.05) is 13.8 Å². The molecule has 0 unspecified atom stereocenters. The molecule has 0 radical (unpaired) electrons. The molecule has 3 N–H and O–H groups in total. The lowest BCUT2D eigenvalue weighted by molar-refractivity contribution is 0.236. The summed E-state index contributed by atoms with van der Waals surface area (Å²) in [5.74, 6) is 0.535. The topological polar surface area (TPSA) is 60.2 Å². The first-order valence-corrected chi connectivity index (χ1v) is 8.86. The van der Waals surface area contributed by atoms with Gasteiger partial charge in [0.1, 0.15) is 0 Å². The second kappa shape index (κ2) is 7.26. The summed E-state index contributed by atoms with van der Waals surface area (Å²) in [4.78, 5) is 17.7. The molecule has 1 aliphatic heterocycles. The number of aromatic nitrogens is 1. The molecule has 1 aliphatic rings. The average Bonchev–Trinajstić information content (AvgIpc) is 3.11. The van der Waals surface area contributed by atoms with Crippen LogP contribution < -0.4 is 10.6 Å². The van der Waals surface area contributed by atoms with Crippen molar-refractivity contribution in [2.75, 3.05) is 19.6 Å². The number of urea groups is 1. The normalized spacial score (nSPS) is 18.4. The van der Waals surface area contributed by atoms with E-state index in [1.54, 1.807) is 0 Å². The van der Waals surface area contributed by atoms with E-state index in [0.717, 1.165) is 32.6 Å². The summed E-state index contributed by atoms with van der Waals surface area (Å²) in [6, 6.07) is 8.59. The Morgan fingerprint density at radius 3 is 2.92 bits per heavy atom. The van der Waals surface area contributed by atoms with Gasteiger partial charge < -0.3 is 15.6 Å². The first-order chi connectivity index (χ1) is 11.5. The van der Waals surface area contributed by atoms with Gasteiger partial charge in [-0.05, 0) is 51.3 Å². The summed E-state index contributed by atoms with van der Waals surface area (Å²) in [6.45, 7) is 9.97. The van der Waals surface area contributed by atoms with Crippen LogP contribution >= 0.6 is 0 Å². The van der Waals surface area contributed by atoms with Crippen molar-refractivity contribution in [3.63, 3.8) is 0 Å². The largest absolute Gasteiger partial charge is 0.357 e. The molecule has 2 heterocycles. The highest BCUT2D eigenvalue weighted by Crippen LogP contribution is 2.24. The van der Waals surface area contributed by atoms with Crippen molar-refractivity contribution in [2.24, 2.45) is 5.92 Å². The van der Waals surface area contributed by atoms with Gasteiger partial charge in [-0.25, -0.2) is 4.79 Å². The van der Waals surface area contributed by atoms with Crippen LogP contribution in [0.4, 0.5) is 4.79 Å². The van der Waals surface area contributed by atoms with Crippen LogP contribution in [0, 0.1) is 12.8 Å². The number of H-pyrrole nitrogens is 1. The molecule has 2 amide bonds. The first-order valence-electron chi connectivity index (χ1n) is 8.86. The Morgan fingerprint density at radius 2 is 2.17 bits per heavy atom. The lowest BCUT2D eigenvalue weighted by Crippen LogP contribution is -2.41. The molecule has 2 aromatic rings. The van der Waals surface area contributed by atoms with Crippen molar-refractivity contribution >= 4 is 16.9 Å². The predicted octanol–water partition coefficient (Wildman–Crippen LogP) is 3.01. The SMILES string of the molecule is Cc1c(CN2CC[C@H](CNC(=O)NC(C)C)C2)[nH]c2ccccc12. The molecule has 0 aliphatic carbocycles. The Morgan fingerprint density at radius 1 is 1.38 bits per heavy atom. The molecule has 1 atom stereocenters. The Hall–Kier alpha value is -2.01. The number of aromatic amines is 1. The van der Waals surface area contributed by atoms with Gasteiger partial charge >= 0.3 is 6.03 Å². The number of aryl methyl sites for hydroxylation is 1. The number of hydrogen-bond donors (Lipinski definition) is 3. The van der Waals surface area contributed by atoms with Gasteiger partial charge in [0, 0.05) is 42.3 Å². The van der Waals surface area contributed by atoms with Crippen molar-refractivity contribution in [1.82, 2.24) is 20.5 Å². The minimum Gasteiger partial charge on any atom is -0.357 e. The fourth-order valence-electron chi connectivity index (χ4n) is 3.49. The summed E-state index contributed by atoms with van der Waals surface area (Å²) >= 11 is 0. The summed E-state index contributed by atoms with van der Waals surface area (Å²) in [5.41, 5.74) is 3.87. The fourth-order valence-corrected chi connectivity index (χ4v) is 3.49. The summed E-state index contributed by atoms with van der Waals surface area (Å²) in [7, 11) is 0. The van der Waals surface area contributed by atoms with Gasteiger partial charge in [0.2, 0.25) is 0 Å². The van der Waals surface area contributed by atoms with Gasteiger partial charge in [0.25, 0.3) is 0 Å². The molecule has 1 aromatic heterocycles. The van der Waals surface area contributed by atoms with Crippen molar-refractivity contribution in [1.29, 1.82) is 0 Å². The van der Waals surface area contributed by atoms with E-state index >= 15 is 0 Å². The van der Waals surface area contributed by atoms with E-state index in [0.29, 0.717) is 5.92 Å². The molecular weight excluding hydrogens is 300 g/mol. The molecule has 5 nitrogen and oxygen atoms in total. The zero-order valence-corrected chi connectivity index (χ0v) is 14.9. The lowest BCUT2D eigenvalue weighted by atomic mass is 10.1. The van der Waals surface area contributed by atoms with E-state index in [2.05, 4.69) is 51.7 Å². The van der Waals surface area contributed by atoms with E-state index in [1.165, 1.54) is 22.2 Å². The standard InChI is InChI=1S/C19H28N4O/c1-13(2)21-19(24)20-10-15-8-9-23(11-15)12-18-14(3)16-6-4-5-7-17(16)22-18/h4-7,13,15,22H,8-12H2,1-3H3,(H2,20,21,24)/t15-/m1/s1. The molecule has 5 heteroatoms. The van der Waals surface area contributed by atoms with E-state index < -0.39 is 0 Å². The Balaban J connectivity index is 1.52. The maximum absolute atomic E-state index is 11.7. The number of nitrogens with one attached hydrogen (secondary N) is 3. The van der Waals surface area contributed by atoms with Gasteiger partial charge in [-0.2, -0.15) is 0 Å². The van der Waals surface area contributed by atoms with Crippen LogP contribution in [0.15, 0.2) is 24.3 Å². The molecule has 24 heavy (non-hydrogen) atoms. The van der Waals surface area contributed by atoms with Crippen LogP contribution in [0.5, 0.6) is 0 Å². The highest BCUT2D eigenvalue weighted by Gasteiger charge is 2.24. The maximum atomic E-state index is 11.7. The number of amides is 2.